The minimum atomic E-state index is 0.165. The maximum atomic E-state index is 6.38. The molecule has 9 heteroatoms. The molecule has 0 aliphatic heterocycles. The summed E-state index contributed by atoms with van der Waals surface area (Å²) in [6.07, 6.45) is 0. The van der Waals surface area contributed by atoms with Crippen LogP contribution in [-0.4, -0.2) is 34.8 Å². The van der Waals surface area contributed by atoms with Gasteiger partial charge < -0.3 is 0 Å². The Morgan fingerprint density at radius 3 is 2.79 bits per heavy atom. The molecule has 1 aromatic carbocycles. The highest BCUT2D eigenvalue weighted by Gasteiger charge is 2.18. The van der Waals surface area contributed by atoms with Crippen LogP contribution >= 0.6 is 23.4 Å². The molecule has 0 unspecified atom stereocenters. The van der Waals surface area contributed by atoms with Crippen LogP contribution in [0.1, 0.15) is 25.6 Å². The summed E-state index contributed by atoms with van der Waals surface area (Å²) in [5, 5.41) is 19.5. The number of hydrogen-bond donors (Lipinski definition) is 0. The Kier molecular flexibility index (Phi) is 3.65. The van der Waals surface area contributed by atoms with Crippen LogP contribution in [0.4, 0.5) is 0 Å². The molecule has 3 heterocycles. The zero-order chi connectivity index (χ0) is 16.8. The third-order valence-electron chi connectivity index (χ3n) is 3.67. The first-order valence-electron chi connectivity index (χ1n) is 7.45. The van der Waals surface area contributed by atoms with Gasteiger partial charge in [0, 0.05) is 5.39 Å². The number of aromatic nitrogens is 7. The van der Waals surface area contributed by atoms with Crippen molar-refractivity contribution in [2.75, 3.05) is 0 Å². The van der Waals surface area contributed by atoms with E-state index in [1.807, 2.05) is 45.0 Å². The predicted molar refractivity (Wildman–Crippen MR) is 92.6 cm³/mol. The monoisotopic (exact) mass is 359 g/mol. The number of halogens is 1. The zero-order valence-electron chi connectivity index (χ0n) is 13.3. The van der Waals surface area contributed by atoms with Gasteiger partial charge in [-0.3, -0.25) is 0 Å². The number of para-hydroxylation sites is 1. The van der Waals surface area contributed by atoms with Gasteiger partial charge in [0.15, 0.2) is 5.65 Å². The van der Waals surface area contributed by atoms with Gasteiger partial charge in [-0.1, -0.05) is 29.8 Å². The Bertz CT molecular complexity index is 1050. The topological polar surface area (TPSA) is 73.8 Å². The van der Waals surface area contributed by atoms with E-state index in [-0.39, 0.29) is 6.04 Å². The summed E-state index contributed by atoms with van der Waals surface area (Å²) in [4.78, 5) is 4.72. The first kappa shape index (κ1) is 15.3. The highest BCUT2D eigenvalue weighted by Crippen LogP contribution is 2.34. The molecule has 0 fully saturated rings. The molecule has 0 bridgehead atoms. The van der Waals surface area contributed by atoms with E-state index < -0.39 is 0 Å². The predicted octanol–water partition coefficient (Wildman–Crippen LogP) is 3.56. The lowest BCUT2D eigenvalue weighted by molar-refractivity contribution is 0.477. The van der Waals surface area contributed by atoms with Crippen molar-refractivity contribution in [2.45, 2.75) is 37.0 Å². The number of hydrogen-bond acceptors (Lipinski definition) is 6. The summed E-state index contributed by atoms with van der Waals surface area (Å²) in [6.45, 7) is 5.94. The molecular weight excluding hydrogens is 346 g/mol. The molecule has 3 aromatic heterocycles. The molecule has 24 heavy (non-hydrogen) atoms. The molecule has 4 rings (SSSR count). The molecule has 0 aliphatic carbocycles. The Labute approximate surface area is 147 Å². The molecule has 0 aliphatic rings. The lowest BCUT2D eigenvalue weighted by Crippen LogP contribution is -2.05. The summed E-state index contributed by atoms with van der Waals surface area (Å²) in [7, 11) is 0. The highest BCUT2D eigenvalue weighted by atomic mass is 35.5. The molecule has 0 spiro atoms. The SMILES string of the molecule is Cc1nn2c(nc(Sc3nnnn3C(C)C)c3ccccc32)c1Cl. The summed E-state index contributed by atoms with van der Waals surface area (Å²) in [5.41, 5.74) is 2.34. The Balaban J connectivity index is 1.96. The van der Waals surface area contributed by atoms with Crippen molar-refractivity contribution in [3.63, 3.8) is 0 Å². The standard InChI is InChI=1S/C15H14ClN7S/c1-8(2)22-15(18-20-21-22)24-14-10-6-4-5-7-11(10)23-13(17-14)12(16)9(3)19-23/h4-8H,1-3H3. The number of tetrazole rings is 1. The van der Waals surface area contributed by atoms with E-state index in [0.717, 1.165) is 21.6 Å². The van der Waals surface area contributed by atoms with Crippen molar-refractivity contribution < 1.29 is 0 Å². The Morgan fingerprint density at radius 2 is 2.00 bits per heavy atom. The average Bonchev–Trinajstić information content (AvgIpc) is 3.14. The second kappa shape index (κ2) is 5.71. The van der Waals surface area contributed by atoms with E-state index in [4.69, 9.17) is 16.6 Å². The van der Waals surface area contributed by atoms with Crippen LogP contribution in [0.2, 0.25) is 5.02 Å². The van der Waals surface area contributed by atoms with E-state index in [1.165, 1.54) is 11.8 Å². The molecule has 0 radical (unpaired) electrons. The van der Waals surface area contributed by atoms with Crippen LogP contribution < -0.4 is 0 Å². The van der Waals surface area contributed by atoms with Crippen LogP contribution in [0.3, 0.4) is 0 Å². The van der Waals surface area contributed by atoms with Gasteiger partial charge in [-0.25, -0.2) is 14.2 Å². The van der Waals surface area contributed by atoms with Crippen LogP contribution in [-0.2, 0) is 0 Å². The smallest absolute Gasteiger partial charge is 0.215 e. The lowest BCUT2D eigenvalue weighted by Gasteiger charge is -2.09. The third kappa shape index (κ3) is 2.33. The maximum absolute atomic E-state index is 6.38. The summed E-state index contributed by atoms with van der Waals surface area (Å²) < 4.78 is 3.55. The fraction of sp³-hybridized carbons (Fsp3) is 0.267. The number of benzene rings is 1. The van der Waals surface area contributed by atoms with Gasteiger partial charge >= 0.3 is 0 Å². The van der Waals surface area contributed by atoms with Gasteiger partial charge in [0.2, 0.25) is 5.16 Å². The molecule has 7 nitrogen and oxygen atoms in total. The normalized spacial score (nSPS) is 11.9. The second-order valence-electron chi connectivity index (χ2n) is 5.67. The fourth-order valence-electron chi connectivity index (χ4n) is 2.50. The number of aryl methyl sites for hydroxylation is 1. The van der Waals surface area contributed by atoms with Crippen molar-refractivity contribution in [1.82, 2.24) is 34.8 Å². The Hall–Kier alpha value is -2.19. The Morgan fingerprint density at radius 1 is 1.21 bits per heavy atom. The van der Waals surface area contributed by atoms with Gasteiger partial charge in [-0.05, 0) is 49.0 Å². The van der Waals surface area contributed by atoms with Gasteiger partial charge in [0.05, 0.1) is 17.3 Å². The summed E-state index contributed by atoms with van der Waals surface area (Å²) in [6, 6.07) is 8.13. The third-order valence-corrected chi connectivity index (χ3v) is 5.07. The van der Waals surface area contributed by atoms with E-state index in [0.29, 0.717) is 15.8 Å². The number of nitrogens with zero attached hydrogens (tertiary/aromatic N) is 7. The molecule has 0 saturated heterocycles. The molecule has 0 atom stereocenters. The number of rotatable bonds is 3. The lowest BCUT2D eigenvalue weighted by atomic mass is 10.2. The van der Waals surface area contributed by atoms with Gasteiger partial charge in [-0.15, -0.1) is 5.10 Å². The molecule has 0 N–H and O–H groups in total. The molecule has 122 valence electrons. The van der Waals surface area contributed by atoms with E-state index in [1.54, 1.807) is 9.20 Å². The van der Waals surface area contributed by atoms with Crippen molar-refractivity contribution in [3.8, 4) is 0 Å². The van der Waals surface area contributed by atoms with E-state index >= 15 is 0 Å². The second-order valence-corrected chi connectivity index (χ2v) is 7.00. The molecule has 0 amide bonds. The quantitative estimate of drug-likeness (QED) is 0.521. The maximum Gasteiger partial charge on any atom is 0.215 e. The van der Waals surface area contributed by atoms with Crippen LogP contribution in [0.25, 0.3) is 16.6 Å². The highest BCUT2D eigenvalue weighted by molar-refractivity contribution is 7.99. The van der Waals surface area contributed by atoms with Crippen molar-refractivity contribution >= 4 is 39.9 Å². The van der Waals surface area contributed by atoms with Gasteiger partial charge in [-0.2, -0.15) is 5.10 Å². The van der Waals surface area contributed by atoms with Crippen LogP contribution in [0.5, 0.6) is 0 Å². The summed E-state index contributed by atoms with van der Waals surface area (Å²) >= 11 is 7.80. The molecule has 0 saturated carbocycles. The van der Waals surface area contributed by atoms with E-state index in [9.17, 15) is 0 Å². The van der Waals surface area contributed by atoms with Gasteiger partial charge in [0.1, 0.15) is 10.0 Å². The van der Waals surface area contributed by atoms with Crippen molar-refractivity contribution in [2.24, 2.45) is 0 Å². The van der Waals surface area contributed by atoms with Gasteiger partial charge in [0.25, 0.3) is 0 Å². The average molecular weight is 360 g/mol. The van der Waals surface area contributed by atoms with Crippen molar-refractivity contribution in [1.29, 1.82) is 0 Å². The minimum Gasteiger partial charge on any atom is -0.219 e. The van der Waals surface area contributed by atoms with Crippen molar-refractivity contribution in [3.05, 3.63) is 35.0 Å². The zero-order valence-corrected chi connectivity index (χ0v) is 14.9. The van der Waals surface area contributed by atoms with Crippen LogP contribution in [0, 0.1) is 6.92 Å². The first-order valence-corrected chi connectivity index (χ1v) is 8.65. The fourth-order valence-corrected chi connectivity index (χ4v) is 3.66. The minimum absolute atomic E-state index is 0.165. The van der Waals surface area contributed by atoms with E-state index in [2.05, 4.69) is 20.6 Å². The molecule has 4 aromatic rings. The number of fused-ring (bicyclic) bond motifs is 3. The summed E-state index contributed by atoms with van der Waals surface area (Å²) in [5.74, 6) is 0. The molecular formula is C15H14ClN7S. The van der Waals surface area contributed by atoms with Crippen LogP contribution in [0.15, 0.2) is 34.4 Å². The first-order chi connectivity index (χ1) is 11.6. The largest absolute Gasteiger partial charge is 0.219 e.